The topological polar surface area (TPSA) is 58.6 Å². The molecule has 0 bridgehead atoms. The average Bonchev–Trinajstić information content (AvgIpc) is 3.08. The Labute approximate surface area is 147 Å². The van der Waals surface area contributed by atoms with Crippen molar-refractivity contribution in [2.24, 2.45) is 5.41 Å². The van der Waals surface area contributed by atoms with Crippen LogP contribution in [0.2, 0.25) is 0 Å². The minimum Gasteiger partial charge on any atom is -0.383 e. The number of fused-ring (bicyclic) bond motifs is 1. The number of piperidine rings is 1. The Bertz CT molecular complexity index is 781. The Morgan fingerprint density at radius 1 is 1.20 bits per heavy atom. The van der Waals surface area contributed by atoms with E-state index in [9.17, 15) is 4.79 Å². The van der Waals surface area contributed by atoms with Crippen LogP contribution in [-0.2, 0) is 9.53 Å². The molecule has 1 atom stereocenters. The van der Waals surface area contributed by atoms with Crippen molar-refractivity contribution in [1.29, 1.82) is 0 Å². The van der Waals surface area contributed by atoms with Crippen molar-refractivity contribution in [2.45, 2.75) is 19.3 Å². The molecule has 2 aliphatic heterocycles. The Balaban J connectivity index is 1.54. The van der Waals surface area contributed by atoms with Gasteiger partial charge in [-0.1, -0.05) is 12.1 Å². The minimum absolute atomic E-state index is 0.265. The maximum atomic E-state index is 13.1. The molecule has 2 aromatic rings. The summed E-state index contributed by atoms with van der Waals surface area (Å²) >= 11 is 0. The highest BCUT2D eigenvalue weighted by Crippen LogP contribution is 2.41. The van der Waals surface area contributed by atoms with Crippen molar-refractivity contribution in [3.8, 4) is 0 Å². The maximum absolute atomic E-state index is 13.1. The molecule has 2 fully saturated rings. The van der Waals surface area contributed by atoms with Crippen LogP contribution in [0.15, 0.2) is 30.5 Å². The number of amides is 1. The Kier molecular flexibility index (Phi) is 4.29. The van der Waals surface area contributed by atoms with Crippen LogP contribution in [0, 0.1) is 5.41 Å². The smallest absolute Gasteiger partial charge is 0.230 e. The third kappa shape index (κ3) is 2.95. The fraction of sp³-hybridized carbons (Fsp3) is 0.526. The second-order valence-corrected chi connectivity index (χ2v) is 7.06. The molecule has 2 saturated heterocycles. The van der Waals surface area contributed by atoms with Crippen molar-refractivity contribution in [3.63, 3.8) is 0 Å². The van der Waals surface area contributed by atoms with E-state index in [1.807, 2.05) is 35.4 Å². The summed E-state index contributed by atoms with van der Waals surface area (Å²) in [7, 11) is 1.68. The summed E-state index contributed by atoms with van der Waals surface area (Å²) in [5, 5.41) is 0. The SMILES string of the molecule is COCCN1CCC[C@]2(CCN(c3cnc4ccccc4n3)C2)C1=O. The molecule has 1 spiro atoms. The van der Waals surface area contributed by atoms with E-state index < -0.39 is 0 Å². The van der Waals surface area contributed by atoms with Gasteiger partial charge in [0.2, 0.25) is 5.91 Å². The number of carbonyl (C=O) groups excluding carboxylic acids is 1. The fourth-order valence-electron chi connectivity index (χ4n) is 4.11. The molecule has 1 aromatic heterocycles. The molecular weight excluding hydrogens is 316 g/mol. The number of rotatable bonds is 4. The maximum Gasteiger partial charge on any atom is 0.230 e. The fourth-order valence-corrected chi connectivity index (χ4v) is 4.11. The summed E-state index contributed by atoms with van der Waals surface area (Å²) in [5.74, 6) is 1.16. The third-order valence-corrected chi connectivity index (χ3v) is 5.50. The number of hydrogen-bond donors (Lipinski definition) is 0. The van der Waals surface area contributed by atoms with E-state index in [-0.39, 0.29) is 11.3 Å². The molecule has 0 aliphatic carbocycles. The van der Waals surface area contributed by atoms with Crippen molar-refractivity contribution in [3.05, 3.63) is 30.5 Å². The average molecular weight is 340 g/mol. The highest BCUT2D eigenvalue weighted by atomic mass is 16.5. The molecular formula is C19H24N4O2. The number of anilines is 1. The Morgan fingerprint density at radius 2 is 2.04 bits per heavy atom. The molecule has 0 saturated carbocycles. The molecule has 4 rings (SSSR count). The summed E-state index contributed by atoms with van der Waals surface area (Å²) in [6.07, 6.45) is 4.75. The zero-order valence-corrected chi connectivity index (χ0v) is 14.6. The van der Waals surface area contributed by atoms with Crippen LogP contribution >= 0.6 is 0 Å². The van der Waals surface area contributed by atoms with Crippen LogP contribution in [0.25, 0.3) is 11.0 Å². The summed E-state index contributed by atoms with van der Waals surface area (Å²) < 4.78 is 5.15. The van der Waals surface area contributed by atoms with Crippen molar-refractivity contribution in [1.82, 2.24) is 14.9 Å². The van der Waals surface area contributed by atoms with E-state index >= 15 is 0 Å². The number of benzene rings is 1. The van der Waals surface area contributed by atoms with Gasteiger partial charge in [0, 0.05) is 33.3 Å². The Morgan fingerprint density at radius 3 is 2.88 bits per heavy atom. The largest absolute Gasteiger partial charge is 0.383 e. The van der Waals surface area contributed by atoms with Gasteiger partial charge < -0.3 is 14.5 Å². The summed E-state index contributed by atoms with van der Waals surface area (Å²) in [4.78, 5) is 26.5. The molecule has 0 unspecified atom stereocenters. The van der Waals surface area contributed by atoms with E-state index in [0.29, 0.717) is 13.2 Å². The highest BCUT2D eigenvalue weighted by Gasteiger charge is 2.48. The molecule has 3 heterocycles. The number of likely N-dealkylation sites (tertiary alicyclic amines) is 1. The van der Waals surface area contributed by atoms with E-state index in [1.165, 1.54) is 0 Å². The first-order chi connectivity index (χ1) is 12.2. The molecule has 6 heteroatoms. The lowest BCUT2D eigenvalue weighted by Crippen LogP contribution is -2.51. The van der Waals surface area contributed by atoms with Crippen LogP contribution in [0.4, 0.5) is 5.82 Å². The van der Waals surface area contributed by atoms with Crippen LogP contribution in [0.5, 0.6) is 0 Å². The molecule has 6 nitrogen and oxygen atoms in total. The first-order valence-corrected chi connectivity index (χ1v) is 8.97. The second kappa shape index (κ2) is 6.59. The lowest BCUT2D eigenvalue weighted by atomic mass is 9.78. The number of para-hydroxylation sites is 2. The van der Waals surface area contributed by atoms with E-state index in [0.717, 1.165) is 55.7 Å². The lowest BCUT2D eigenvalue weighted by Gasteiger charge is -2.39. The summed E-state index contributed by atoms with van der Waals surface area (Å²) in [6.45, 7) is 3.73. The molecule has 1 amide bonds. The number of ether oxygens (including phenoxy) is 1. The Hall–Kier alpha value is -2.21. The number of methoxy groups -OCH3 is 1. The van der Waals surface area contributed by atoms with E-state index in [4.69, 9.17) is 9.72 Å². The predicted molar refractivity (Wildman–Crippen MR) is 96.5 cm³/mol. The standard InChI is InChI=1S/C19H24N4O2/c1-25-12-11-22-9-4-7-19(18(22)24)8-10-23(14-19)17-13-20-15-5-2-3-6-16(15)21-17/h2-3,5-6,13H,4,7-12,14H2,1H3/t19-/m1/s1. The van der Waals surface area contributed by atoms with Gasteiger partial charge in [0.15, 0.2) is 0 Å². The van der Waals surface area contributed by atoms with Gasteiger partial charge in [-0.15, -0.1) is 0 Å². The third-order valence-electron chi connectivity index (χ3n) is 5.50. The lowest BCUT2D eigenvalue weighted by molar-refractivity contribution is -0.145. The summed E-state index contributed by atoms with van der Waals surface area (Å²) in [5.41, 5.74) is 1.54. The second-order valence-electron chi connectivity index (χ2n) is 7.06. The van der Waals surface area contributed by atoms with Crippen LogP contribution in [0.1, 0.15) is 19.3 Å². The van der Waals surface area contributed by atoms with Crippen LogP contribution in [0.3, 0.4) is 0 Å². The molecule has 0 radical (unpaired) electrons. The van der Waals surface area contributed by atoms with Gasteiger partial charge in [-0.25, -0.2) is 4.98 Å². The van der Waals surface area contributed by atoms with E-state index in [2.05, 4.69) is 9.88 Å². The highest BCUT2D eigenvalue weighted by molar-refractivity contribution is 5.85. The van der Waals surface area contributed by atoms with Gasteiger partial charge in [-0.3, -0.25) is 9.78 Å². The minimum atomic E-state index is -0.265. The number of aromatic nitrogens is 2. The van der Waals surface area contributed by atoms with Crippen molar-refractivity contribution >= 4 is 22.8 Å². The normalized spacial score (nSPS) is 23.8. The zero-order valence-electron chi connectivity index (χ0n) is 14.6. The first-order valence-electron chi connectivity index (χ1n) is 8.97. The number of carbonyl (C=O) groups is 1. The molecule has 25 heavy (non-hydrogen) atoms. The molecule has 0 N–H and O–H groups in total. The van der Waals surface area contributed by atoms with Gasteiger partial charge in [-0.2, -0.15) is 0 Å². The van der Waals surface area contributed by atoms with Gasteiger partial charge in [0.05, 0.1) is 29.3 Å². The van der Waals surface area contributed by atoms with Gasteiger partial charge in [0.25, 0.3) is 0 Å². The number of hydrogen-bond acceptors (Lipinski definition) is 5. The van der Waals surface area contributed by atoms with Crippen LogP contribution in [-0.4, -0.2) is 60.7 Å². The van der Waals surface area contributed by atoms with Gasteiger partial charge in [0.1, 0.15) is 5.82 Å². The van der Waals surface area contributed by atoms with Crippen molar-refractivity contribution in [2.75, 3.05) is 44.8 Å². The predicted octanol–water partition coefficient (Wildman–Crippen LogP) is 2.10. The van der Waals surface area contributed by atoms with Crippen molar-refractivity contribution < 1.29 is 9.53 Å². The summed E-state index contributed by atoms with van der Waals surface area (Å²) in [6, 6.07) is 7.90. The van der Waals surface area contributed by atoms with Crippen LogP contribution < -0.4 is 4.90 Å². The van der Waals surface area contributed by atoms with Gasteiger partial charge >= 0.3 is 0 Å². The quantitative estimate of drug-likeness (QED) is 0.853. The monoisotopic (exact) mass is 340 g/mol. The molecule has 132 valence electrons. The van der Waals surface area contributed by atoms with E-state index in [1.54, 1.807) is 7.11 Å². The first kappa shape index (κ1) is 16.3. The number of nitrogens with zero attached hydrogens (tertiary/aromatic N) is 4. The molecule has 1 aromatic carbocycles. The van der Waals surface area contributed by atoms with Gasteiger partial charge in [-0.05, 0) is 31.4 Å². The zero-order chi connectivity index (χ0) is 17.3. The molecule has 2 aliphatic rings.